The number of carbonyl (C=O) groups excluding carboxylic acids is 1. The molecule has 0 radical (unpaired) electrons. The molecule has 0 aliphatic heterocycles. The van der Waals surface area contributed by atoms with Crippen LogP contribution in [0.2, 0.25) is 0 Å². The summed E-state index contributed by atoms with van der Waals surface area (Å²) in [4.78, 5) is 26.9. The predicted octanol–water partition coefficient (Wildman–Crippen LogP) is 5.28. The standard InChI is InChI=1S/C31H27N3O8/c1-20-26(32-30(42-20)22-7-6-10-25(14-22)39-19-29(36)37)18-40-27-12-11-21(13-28(27)38-2)17-41-31-23(16-35)15-34(33-31)24-8-4-3-5-9-24/h3-16H,17-19H2,1-2H3,(H,36,37). The molecular weight excluding hydrogens is 542 g/mol. The molecule has 0 atom stereocenters. The number of aliphatic carboxylic acids is 1. The second kappa shape index (κ2) is 12.7. The van der Waals surface area contributed by atoms with E-state index in [-0.39, 0.29) is 19.1 Å². The first kappa shape index (κ1) is 28.0. The monoisotopic (exact) mass is 569 g/mol. The van der Waals surface area contributed by atoms with Gasteiger partial charge in [0.1, 0.15) is 30.4 Å². The molecule has 214 valence electrons. The molecule has 42 heavy (non-hydrogen) atoms. The highest BCUT2D eigenvalue weighted by Crippen LogP contribution is 2.31. The number of ether oxygens (including phenoxy) is 4. The molecule has 5 rings (SSSR count). The van der Waals surface area contributed by atoms with E-state index < -0.39 is 12.6 Å². The van der Waals surface area contributed by atoms with Crippen molar-refractivity contribution in [1.82, 2.24) is 14.8 Å². The average Bonchev–Trinajstić information content (AvgIpc) is 3.61. The van der Waals surface area contributed by atoms with Crippen molar-refractivity contribution >= 4 is 12.3 Å². The first-order valence-electron chi connectivity index (χ1n) is 12.9. The number of hydrogen-bond acceptors (Lipinski definition) is 9. The van der Waals surface area contributed by atoms with Crippen molar-refractivity contribution in [2.75, 3.05) is 13.7 Å². The molecule has 0 unspecified atom stereocenters. The fourth-order valence-corrected chi connectivity index (χ4v) is 4.05. The summed E-state index contributed by atoms with van der Waals surface area (Å²) < 4.78 is 30.1. The van der Waals surface area contributed by atoms with E-state index in [0.29, 0.717) is 52.0 Å². The lowest BCUT2D eigenvalue weighted by atomic mass is 10.2. The highest BCUT2D eigenvalue weighted by molar-refractivity contribution is 5.78. The van der Waals surface area contributed by atoms with E-state index in [9.17, 15) is 9.59 Å². The minimum atomic E-state index is -1.06. The van der Waals surface area contributed by atoms with Crippen LogP contribution in [0, 0.1) is 6.92 Å². The molecule has 3 aromatic carbocycles. The van der Waals surface area contributed by atoms with Gasteiger partial charge in [0.25, 0.3) is 0 Å². The number of benzene rings is 3. The molecule has 2 heterocycles. The molecule has 0 aliphatic rings. The third-order valence-corrected chi connectivity index (χ3v) is 6.16. The molecule has 0 spiro atoms. The van der Waals surface area contributed by atoms with Gasteiger partial charge in [-0.05, 0) is 55.0 Å². The maximum atomic E-state index is 11.6. The number of aldehydes is 1. The summed E-state index contributed by atoms with van der Waals surface area (Å²) >= 11 is 0. The molecule has 0 saturated carbocycles. The van der Waals surface area contributed by atoms with Gasteiger partial charge in [-0.3, -0.25) is 4.79 Å². The summed E-state index contributed by atoms with van der Waals surface area (Å²) in [6.07, 6.45) is 2.33. The molecule has 0 saturated heterocycles. The summed E-state index contributed by atoms with van der Waals surface area (Å²) in [5.74, 6) is 1.48. The van der Waals surface area contributed by atoms with E-state index >= 15 is 0 Å². The Balaban J connectivity index is 1.24. The minimum absolute atomic E-state index is 0.121. The molecule has 0 fully saturated rings. The number of hydrogen-bond donors (Lipinski definition) is 1. The van der Waals surface area contributed by atoms with Crippen LogP contribution in [-0.2, 0) is 18.0 Å². The van der Waals surface area contributed by atoms with Crippen LogP contribution in [0.25, 0.3) is 17.1 Å². The number of para-hydroxylation sites is 1. The molecular formula is C31H27N3O8. The average molecular weight is 570 g/mol. The number of carbonyl (C=O) groups is 2. The maximum absolute atomic E-state index is 11.6. The van der Waals surface area contributed by atoms with Crippen molar-refractivity contribution in [2.45, 2.75) is 20.1 Å². The van der Waals surface area contributed by atoms with Gasteiger partial charge in [0, 0.05) is 11.8 Å². The normalized spacial score (nSPS) is 10.7. The Bertz CT molecular complexity index is 1690. The van der Waals surface area contributed by atoms with E-state index in [1.54, 1.807) is 54.2 Å². The van der Waals surface area contributed by atoms with Gasteiger partial charge in [0.2, 0.25) is 11.8 Å². The van der Waals surface area contributed by atoms with E-state index in [0.717, 1.165) is 11.3 Å². The Morgan fingerprint density at radius 2 is 1.81 bits per heavy atom. The van der Waals surface area contributed by atoms with Crippen LogP contribution in [-0.4, -0.2) is 45.8 Å². The zero-order valence-corrected chi connectivity index (χ0v) is 22.9. The van der Waals surface area contributed by atoms with Crippen LogP contribution in [0.15, 0.2) is 83.4 Å². The zero-order valence-electron chi connectivity index (χ0n) is 22.9. The summed E-state index contributed by atoms with van der Waals surface area (Å²) in [5.41, 5.74) is 3.17. The number of nitrogens with zero attached hydrogens (tertiary/aromatic N) is 3. The van der Waals surface area contributed by atoms with Crippen molar-refractivity contribution in [2.24, 2.45) is 0 Å². The van der Waals surface area contributed by atoms with Crippen LogP contribution >= 0.6 is 0 Å². The maximum Gasteiger partial charge on any atom is 0.341 e. The molecule has 2 aromatic heterocycles. The van der Waals surface area contributed by atoms with Crippen LogP contribution in [0.3, 0.4) is 0 Å². The lowest BCUT2D eigenvalue weighted by Gasteiger charge is -2.12. The van der Waals surface area contributed by atoms with Crippen LogP contribution < -0.4 is 18.9 Å². The van der Waals surface area contributed by atoms with Gasteiger partial charge in [-0.25, -0.2) is 14.5 Å². The van der Waals surface area contributed by atoms with Crippen LogP contribution in [0.4, 0.5) is 0 Å². The predicted molar refractivity (Wildman–Crippen MR) is 150 cm³/mol. The van der Waals surface area contributed by atoms with Crippen molar-refractivity contribution in [3.05, 3.63) is 102 Å². The first-order chi connectivity index (χ1) is 20.4. The number of aryl methyl sites for hydroxylation is 1. The minimum Gasteiger partial charge on any atom is -0.493 e. The molecule has 0 amide bonds. The molecule has 0 bridgehead atoms. The third kappa shape index (κ3) is 6.58. The molecule has 11 heteroatoms. The second-order valence-electron chi connectivity index (χ2n) is 9.08. The van der Waals surface area contributed by atoms with Gasteiger partial charge in [0.15, 0.2) is 24.4 Å². The van der Waals surface area contributed by atoms with Gasteiger partial charge in [-0.2, -0.15) is 0 Å². The summed E-state index contributed by atoms with van der Waals surface area (Å²) in [6.45, 7) is 1.61. The Hall–Kier alpha value is -5.58. The number of rotatable bonds is 13. The van der Waals surface area contributed by atoms with Gasteiger partial charge in [-0.1, -0.05) is 30.3 Å². The smallest absolute Gasteiger partial charge is 0.341 e. The Labute approximate surface area is 240 Å². The van der Waals surface area contributed by atoms with Gasteiger partial charge in [0.05, 0.1) is 18.4 Å². The van der Waals surface area contributed by atoms with Crippen molar-refractivity contribution in [3.63, 3.8) is 0 Å². The van der Waals surface area contributed by atoms with Gasteiger partial charge >= 0.3 is 5.97 Å². The van der Waals surface area contributed by atoms with Gasteiger partial charge in [-0.15, -0.1) is 5.10 Å². The van der Waals surface area contributed by atoms with Crippen molar-refractivity contribution in [1.29, 1.82) is 0 Å². The molecule has 11 nitrogen and oxygen atoms in total. The quantitative estimate of drug-likeness (QED) is 0.187. The van der Waals surface area contributed by atoms with Crippen molar-refractivity contribution in [3.8, 4) is 40.3 Å². The topological polar surface area (TPSA) is 135 Å². The number of carboxylic acid groups (broad SMARTS) is 1. The second-order valence-corrected chi connectivity index (χ2v) is 9.08. The van der Waals surface area contributed by atoms with E-state index in [2.05, 4.69) is 10.1 Å². The van der Waals surface area contributed by atoms with Crippen molar-refractivity contribution < 1.29 is 38.1 Å². The largest absolute Gasteiger partial charge is 0.493 e. The van der Waals surface area contributed by atoms with E-state index in [4.69, 9.17) is 28.5 Å². The summed E-state index contributed by atoms with van der Waals surface area (Å²) in [6, 6.07) is 21.7. The number of methoxy groups -OCH3 is 1. The zero-order chi connectivity index (χ0) is 29.5. The lowest BCUT2D eigenvalue weighted by Crippen LogP contribution is -2.09. The first-order valence-corrected chi connectivity index (χ1v) is 12.9. The Kier molecular flexibility index (Phi) is 8.47. The third-order valence-electron chi connectivity index (χ3n) is 6.16. The highest BCUT2D eigenvalue weighted by Gasteiger charge is 2.16. The van der Waals surface area contributed by atoms with Crippen LogP contribution in [0.5, 0.6) is 23.1 Å². The summed E-state index contributed by atoms with van der Waals surface area (Å²) in [7, 11) is 1.54. The fraction of sp³-hybridized carbons (Fsp3) is 0.161. The van der Waals surface area contributed by atoms with E-state index in [1.807, 2.05) is 36.4 Å². The summed E-state index contributed by atoms with van der Waals surface area (Å²) in [5, 5.41) is 13.2. The molecule has 1 N–H and O–H groups in total. The fourth-order valence-electron chi connectivity index (χ4n) is 4.05. The highest BCUT2D eigenvalue weighted by atomic mass is 16.5. The van der Waals surface area contributed by atoms with Crippen LogP contribution in [0.1, 0.15) is 27.4 Å². The number of aromatic nitrogens is 3. The van der Waals surface area contributed by atoms with Gasteiger partial charge < -0.3 is 28.5 Å². The molecule has 0 aliphatic carbocycles. The SMILES string of the molecule is COc1cc(COc2nn(-c3ccccc3)cc2C=O)ccc1OCc1nc(-c2cccc(OCC(=O)O)c2)oc1C. The number of carboxylic acids is 1. The Morgan fingerprint density at radius 3 is 2.57 bits per heavy atom. The lowest BCUT2D eigenvalue weighted by molar-refractivity contribution is -0.139. The van der Waals surface area contributed by atoms with E-state index in [1.165, 1.54) is 7.11 Å². The molecule has 5 aromatic rings. The Morgan fingerprint density at radius 1 is 0.976 bits per heavy atom. The number of oxazole rings is 1.